The molecule has 0 radical (unpaired) electrons. The molecular weight excluding hydrogens is 444 g/mol. The van der Waals surface area contributed by atoms with Crippen molar-refractivity contribution in [3.05, 3.63) is 72.2 Å². The summed E-state index contributed by atoms with van der Waals surface area (Å²) >= 11 is 0. The van der Waals surface area contributed by atoms with E-state index >= 15 is 0 Å². The van der Waals surface area contributed by atoms with Crippen LogP contribution in [-0.4, -0.2) is 77.2 Å². The second kappa shape index (κ2) is 15.4. The minimum atomic E-state index is -0.669. The number of hydrogen-bond donors (Lipinski definition) is 2. The van der Waals surface area contributed by atoms with Crippen molar-refractivity contribution < 1.29 is 24.5 Å². The molecule has 2 heterocycles. The molecule has 194 valence electrons. The fourth-order valence-corrected chi connectivity index (χ4v) is 4.05. The standard InChI is InChI=1S/C28H42N2O5/c1-5-8-9-10-11-14-22(4)29-15-16-30(27(33)20-29)19-23(12-6-2)26(13-7-3)35-28-18-24(32)17-25(21-31)34-28/h6-9,11-14,24-25,28,31-32H,4-5,10,15-21H2,1-3H3/b9-8-,12-6-,13-7-,14-11?,26-23-. The van der Waals surface area contributed by atoms with E-state index in [9.17, 15) is 15.0 Å². The van der Waals surface area contributed by atoms with Gasteiger partial charge in [-0.05, 0) is 38.8 Å². The first-order valence-electron chi connectivity index (χ1n) is 12.5. The van der Waals surface area contributed by atoms with Gasteiger partial charge in [-0.1, -0.05) is 50.0 Å². The van der Waals surface area contributed by atoms with Gasteiger partial charge in [-0.3, -0.25) is 4.79 Å². The van der Waals surface area contributed by atoms with Crippen LogP contribution in [-0.2, 0) is 14.3 Å². The highest BCUT2D eigenvalue weighted by Gasteiger charge is 2.30. The minimum Gasteiger partial charge on any atom is -0.464 e. The topological polar surface area (TPSA) is 82.5 Å². The Labute approximate surface area is 210 Å². The van der Waals surface area contributed by atoms with E-state index in [-0.39, 0.29) is 19.1 Å². The summed E-state index contributed by atoms with van der Waals surface area (Å²) in [5, 5.41) is 19.6. The van der Waals surface area contributed by atoms with Crippen LogP contribution in [0.2, 0.25) is 0 Å². The van der Waals surface area contributed by atoms with E-state index in [1.807, 2.05) is 54.0 Å². The molecule has 2 aliphatic rings. The average Bonchev–Trinajstić information content (AvgIpc) is 2.84. The van der Waals surface area contributed by atoms with Crippen molar-refractivity contribution in [2.75, 3.05) is 32.8 Å². The maximum Gasteiger partial charge on any atom is 0.242 e. The lowest BCUT2D eigenvalue weighted by Crippen LogP contribution is -2.50. The van der Waals surface area contributed by atoms with Crippen molar-refractivity contribution in [3.8, 4) is 0 Å². The number of hydrogen-bond acceptors (Lipinski definition) is 6. The third-order valence-corrected chi connectivity index (χ3v) is 5.88. The van der Waals surface area contributed by atoms with E-state index in [2.05, 4.69) is 31.7 Å². The van der Waals surface area contributed by atoms with Crippen LogP contribution in [0.5, 0.6) is 0 Å². The van der Waals surface area contributed by atoms with Gasteiger partial charge in [0.1, 0.15) is 5.76 Å². The zero-order valence-electron chi connectivity index (χ0n) is 21.4. The minimum absolute atomic E-state index is 0.0307. The Bertz CT molecular complexity index is 842. The first-order valence-corrected chi connectivity index (χ1v) is 12.5. The van der Waals surface area contributed by atoms with Gasteiger partial charge >= 0.3 is 0 Å². The van der Waals surface area contributed by atoms with Gasteiger partial charge in [0.25, 0.3) is 0 Å². The molecule has 1 amide bonds. The molecule has 2 saturated heterocycles. The lowest BCUT2D eigenvalue weighted by Gasteiger charge is -2.36. The number of ether oxygens (including phenoxy) is 2. The first-order chi connectivity index (χ1) is 16.9. The number of amides is 1. The van der Waals surface area contributed by atoms with Gasteiger partial charge in [-0.25, -0.2) is 0 Å². The van der Waals surface area contributed by atoms with Crippen LogP contribution in [0.1, 0.15) is 46.5 Å². The lowest BCUT2D eigenvalue weighted by molar-refractivity contribution is -0.204. The van der Waals surface area contributed by atoms with Gasteiger partial charge in [0.15, 0.2) is 0 Å². The first kappa shape index (κ1) is 28.6. The maximum absolute atomic E-state index is 13.0. The zero-order valence-corrected chi connectivity index (χ0v) is 21.4. The molecule has 2 rings (SSSR count). The van der Waals surface area contributed by atoms with Crippen molar-refractivity contribution in [3.63, 3.8) is 0 Å². The predicted molar refractivity (Wildman–Crippen MR) is 139 cm³/mol. The van der Waals surface area contributed by atoms with Crippen molar-refractivity contribution >= 4 is 5.91 Å². The van der Waals surface area contributed by atoms with Gasteiger partial charge < -0.3 is 29.5 Å². The van der Waals surface area contributed by atoms with Gasteiger partial charge in [0.05, 0.1) is 25.4 Å². The molecule has 0 saturated carbocycles. The fraction of sp³-hybridized carbons (Fsp3) is 0.536. The molecule has 2 N–H and O–H groups in total. The summed E-state index contributed by atoms with van der Waals surface area (Å²) in [5.74, 6) is 0.618. The SMILES string of the molecule is C=C(C=CC/C=C\CC)N1CCN(CC(/C=C\C)=C(/C=C\C)OC2CC(O)CC(CO)O2)C(=O)C1. The summed E-state index contributed by atoms with van der Waals surface area (Å²) in [6.07, 6.45) is 16.7. The van der Waals surface area contributed by atoms with Gasteiger partial charge in [-0.15, -0.1) is 0 Å². The van der Waals surface area contributed by atoms with E-state index in [1.165, 1.54) is 0 Å². The molecule has 0 aliphatic carbocycles. The van der Waals surface area contributed by atoms with Crippen LogP contribution in [0.3, 0.4) is 0 Å². The molecular formula is C28H42N2O5. The van der Waals surface area contributed by atoms with Gasteiger partial charge in [0, 0.05) is 43.7 Å². The quantitative estimate of drug-likeness (QED) is 0.248. The van der Waals surface area contributed by atoms with Crippen LogP contribution < -0.4 is 0 Å². The third kappa shape index (κ3) is 9.51. The molecule has 0 bridgehead atoms. The van der Waals surface area contributed by atoms with E-state index in [4.69, 9.17) is 9.47 Å². The highest BCUT2D eigenvalue weighted by molar-refractivity contribution is 5.79. The Morgan fingerprint density at radius 1 is 1.14 bits per heavy atom. The molecule has 2 aliphatic heterocycles. The number of piperazine rings is 1. The Balaban J connectivity index is 2.07. The number of aliphatic hydroxyl groups is 2. The van der Waals surface area contributed by atoms with Crippen LogP contribution in [0, 0.1) is 0 Å². The number of aliphatic hydroxyl groups excluding tert-OH is 2. The predicted octanol–water partition coefficient (Wildman–Crippen LogP) is 3.84. The van der Waals surface area contributed by atoms with Crippen LogP contribution in [0.4, 0.5) is 0 Å². The van der Waals surface area contributed by atoms with Crippen LogP contribution in [0.15, 0.2) is 72.2 Å². The summed E-state index contributed by atoms with van der Waals surface area (Å²) in [5.41, 5.74) is 1.69. The maximum atomic E-state index is 13.0. The summed E-state index contributed by atoms with van der Waals surface area (Å²) in [6, 6.07) is 0. The molecule has 3 unspecified atom stereocenters. The molecule has 7 heteroatoms. The van der Waals surface area contributed by atoms with Gasteiger partial charge in [0.2, 0.25) is 12.2 Å². The molecule has 0 spiro atoms. The number of carbonyl (C=O) groups excluding carboxylic acids is 1. The largest absolute Gasteiger partial charge is 0.464 e. The lowest BCUT2D eigenvalue weighted by atomic mass is 10.1. The molecule has 0 aromatic heterocycles. The summed E-state index contributed by atoms with van der Waals surface area (Å²) < 4.78 is 11.9. The number of allylic oxidation sites excluding steroid dienone is 7. The number of nitrogens with zero attached hydrogens (tertiary/aromatic N) is 2. The van der Waals surface area contributed by atoms with Crippen molar-refractivity contribution in [1.29, 1.82) is 0 Å². The normalized spacial score (nSPS) is 24.8. The van der Waals surface area contributed by atoms with Crippen molar-refractivity contribution in [2.45, 2.75) is 65.0 Å². The van der Waals surface area contributed by atoms with Crippen LogP contribution >= 0.6 is 0 Å². The molecule has 35 heavy (non-hydrogen) atoms. The van der Waals surface area contributed by atoms with Crippen molar-refractivity contribution in [1.82, 2.24) is 9.80 Å². The zero-order chi connectivity index (χ0) is 25.6. The number of carbonyl (C=O) groups is 1. The fourth-order valence-electron chi connectivity index (χ4n) is 4.05. The van der Waals surface area contributed by atoms with Gasteiger partial charge in [-0.2, -0.15) is 0 Å². The smallest absolute Gasteiger partial charge is 0.242 e. The summed E-state index contributed by atoms with van der Waals surface area (Å²) in [6.45, 7) is 11.8. The van der Waals surface area contributed by atoms with E-state index < -0.39 is 18.5 Å². The highest BCUT2D eigenvalue weighted by Crippen LogP contribution is 2.25. The molecule has 0 aromatic carbocycles. The third-order valence-electron chi connectivity index (χ3n) is 5.88. The van der Waals surface area contributed by atoms with E-state index in [0.717, 1.165) is 24.1 Å². The monoisotopic (exact) mass is 486 g/mol. The second-order valence-electron chi connectivity index (χ2n) is 8.75. The summed E-state index contributed by atoms with van der Waals surface area (Å²) in [7, 11) is 0. The summed E-state index contributed by atoms with van der Waals surface area (Å²) in [4.78, 5) is 16.8. The Morgan fingerprint density at radius 2 is 1.91 bits per heavy atom. The molecule has 2 fully saturated rings. The average molecular weight is 487 g/mol. The van der Waals surface area contributed by atoms with Crippen molar-refractivity contribution in [2.24, 2.45) is 0 Å². The Kier molecular flexibility index (Phi) is 12.6. The Hall–Kier alpha value is -2.61. The van der Waals surface area contributed by atoms with E-state index in [1.54, 1.807) is 0 Å². The Morgan fingerprint density at radius 3 is 2.57 bits per heavy atom. The molecule has 0 aromatic rings. The van der Waals surface area contributed by atoms with Crippen LogP contribution in [0.25, 0.3) is 0 Å². The van der Waals surface area contributed by atoms with E-state index in [0.29, 0.717) is 38.2 Å². The molecule has 7 nitrogen and oxygen atoms in total. The highest BCUT2D eigenvalue weighted by atomic mass is 16.7. The second-order valence-corrected chi connectivity index (χ2v) is 8.75. The molecule has 3 atom stereocenters. The number of rotatable bonds is 12.